The lowest BCUT2D eigenvalue weighted by atomic mass is 10.00. The monoisotopic (exact) mass is 513 g/mol. The third-order valence-electron chi connectivity index (χ3n) is 6.61. The third kappa shape index (κ3) is 4.19. The molecule has 4 aromatic rings. The van der Waals surface area contributed by atoms with Crippen molar-refractivity contribution in [2.24, 2.45) is 0 Å². The lowest BCUT2D eigenvalue weighted by Crippen LogP contribution is -2.40. The highest BCUT2D eigenvalue weighted by Gasteiger charge is 2.32. The van der Waals surface area contributed by atoms with Gasteiger partial charge in [0.05, 0.1) is 29.4 Å². The van der Waals surface area contributed by atoms with Gasteiger partial charge in [-0.15, -0.1) is 0 Å². The van der Waals surface area contributed by atoms with E-state index in [0.717, 1.165) is 22.3 Å². The predicted molar refractivity (Wildman–Crippen MR) is 137 cm³/mol. The fourth-order valence-electron chi connectivity index (χ4n) is 4.86. The fraction of sp³-hybridized carbons (Fsp3) is 0.185. The smallest absolute Gasteiger partial charge is 0.264 e. The molecule has 4 heterocycles. The van der Waals surface area contributed by atoms with Crippen LogP contribution >= 0.6 is 0 Å². The molecule has 0 radical (unpaired) electrons. The van der Waals surface area contributed by atoms with E-state index in [1.165, 1.54) is 12.1 Å². The van der Waals surface area contributed by atoms with Crippen molar-refractivity contribution in [1.29, 1.82) is 0 Å². The first kappa shape index (κ1) is 23.1. The second kappa shape index (κ2) is 8.67. The van der Waals surface area contributed by atoms with Crippen molar-refractivity contribution in [2.75, 3.05) is 11.3 Å². The van der Waals surface area contributed by atoms with Crippen molar-refractivity contribution in [3.8, 4) is 17.1 Å². The minimum absolute atomic E-state index is 0.0618. The number of sulfonamides is 1. The standard InChI is InChI=1S/C27H23N5O4S/c1-16-6-3-7-17(2)25(16)21-13-24-30-27(29-21)31-37(34,35)19-9-4-8-18(12-19)26(33)32-14-22-20(10-5-11-28-22)23(15-32)36-24/h3-13,23H,14-15H2,1-2H3,(H,29,30,31). The Labute approximate surface area is 214 Å². The molecule has 9 nitrogen and oxygen atoms in total. The van der Waals surface area contributed by atoms with E-state index >= 15 is 0 Å². The first-order valence-electron chi connectivity index (χ1n) is 11.8. The Bertz CT molecular complexity index is 1650. The first-order chi connectivity index (χ1) is 17.8. The number of ether oxygens (including phenoxy) is 1. The maximum Gasteiger partial charge on any atom is 0.264 e. The van der Waals surface area contributed by atoms with Crippen molar-refractivity contribution in [2.45, 2.75) is 31.4 Å². The largest absolute Gasteiger partial charge is 0.467 e. The summed E-state index contributed by atoms with van der Waals surface area (Å²) >= 11 is 0. The van der Waals surface area contributed by atoms with Crippen molar-refractivity contribution >= 4 is 21.9 Å². The molecule has 1 atom stereocenters. The van der Waals surface area contributed by atoms with Crippen LogP contribution in [0.4, 0.5) is 5.95 Å². The summed E-state index contributed by atoms with van der Waals surface area (Å²) in [6.45, 7) is 4.47. The maximum absolute atomic E-state index is 13.4. The number of carbonyl (C=O) groups is 1. The lowest BCUT2D eigenvalue weighted by molar-refractivity contribution is 0.0583. The Morgan fingerprint density at radius 3 is 2.59 bits per heavy atom. The summed E-state index contributed by atoms with van der Waals surface area (Å²) in [5.41, 5.74) is 5.17. The number of pyridine rings is 1. The number of fused-ring (bicyclic) bond motifs is 8. The van der Waals surface area contributed by atoms with Gasteiger partial charge < -0.3 is 9.64 Å². The van der Waals surface area contributed by atoms with Gasteiger partial charge in [-0.1, -0.05) is 30.3 Å². The van der Waals surface area contributed by atoms with E-state index < -0.39 is 16.1 Å². The van der Waals surface area contributed by atoms with E-state index in [2.05, 4.69) is 19.7 Å². The Morgan fingerprint density at radius 2 is 1.78 bits per heavy atom. The van der Waals surface area contributed by atoms with Gasteiger partial charge >= 0.3 is 0 Å². The molecule has 186 valence electrons. The number of aromatic nitrogens is 3. The molecule has 37 heavy (non-hydrogen) atoms. The number of nitrogens with one attached hydrogen (secondary N) is 1. The topological polar surface area (TPSA) is 114 Å². The Kier molecular flexibility index (Phi) is 5.41. The molecular formula is C27H23N5O4S. The van der Waals surface area contributed by atoms with Crippen molar-refractivity contribution in [1.82, 2.24) is 19.9 Å². The highest BCUT2D eigenvalue weighted by Crippen LogP contribution is 2.34. The summed E-state index contributed by atoms with van der Waals surface area (Å²) in [5, 5.41) is 0. The number of benzene rings is 2. The van der Waals surface area contributed by atoms with Crippen molar-refractivity contribution in [3.05, 3.63) is 94.8 Å². The number of hydrogen-bond donors (Lipinski definition) is 1. The summed E-state index contributed by atoms with van der Waals surface area (Å²) < 4.78 is 35.4. The summed E-state index contributed by atoms with van der Waals surface area (Å²) in [6, 6.07) is 17.3. The Morgan fingerprint density at radius 1 is 1.00 bits per heavy atom. The van der Waals surface area contributed by atoms with Crippen molar-refractivity contribution in [3.63, 3.8) is 0 Å². The summed E-state index contributed by atoms with van der Waals surface area (Å²) in [7, 11) is -4.09. The minimum atomic E-state index is -4.09. The molecule has 0 fully saturated rings. The van der Waals surface area contributed by atoms with Crippen LogP contribution in [0.15, 0.2) is 71.8 Å². The van der Waals surface area contributed by atoms with E-state index in [0.29, 0.717) is 11.4 Å². The number of amides is 1. The molecule has 1 amide bonds. The molecule has 6 bridgehead atoms. The van der Waals surface area contributed by atoms with E-state index in [4.69, 9.17) is 4.74 Å². The van der Waals surface area contributed by atoms with Crippen LogP contribution in [-0.2, 0) is 16.6 Å². The molecule has 2 aliphatic rings. The van der Waals surface area contributed by atoms with E-state index in [1.54, 1.807) is 29.3 Å². The SMILES string of the molecule is Cc1cccc(C)c1-c1cc2nc(n1)NS(=O)(=O)c1cccc(c1)C(=O)N1Cc3ncccc3C(C1)O2. The lowest BCUT2D eigenvalue weighted by Gasteiger charge is -2.33. The molecule has 0 aliphatic carbocycles. The van der Waals surface area contributed by atoms with Gasteiger partial charge in [0.2, 0.25) is 11.8 Å². The molecule has 1 N–H and O–H groups in total. The van der Waals surface area contributed by atoms with Crippen LogP contribution in [-0.4, -0.2) is 40.7 Å². The van der Waals surface area contributed by atoms with Crippen LogP contribution in [0.25, 0.3) is 11.3 Å². The summed E-state index contributed by atoms with van der Waals surface area (Å²) in [4.78, 5) is 28.4. The predicted octanol–water partition coefficient (Wildman–Crippen LogP) is 4.05. The number of carbonyl (C=O) groups excluding carboxylic acids is 1. The molecule has 2 aromatic heterocycles. The van der Waals surface area contributed by atoms with Gasteiger partial charge in [-0.05, 0) is 49.2 Å². The number of anilines is 1. The van der Waals surface area contributed by atoms with Gasteiger partial charge in [-0.3, -0.25) is 9.78 Å². The van der Waals surface area contributed by atoms with Gasteiger partial charge in [0.25, 0.3) is 15.9 Å². The van der Waals surface area contributed by atoms with E-state index in [-0.39, 0.29) is 41.3 Å². The Hall–Kier alpha value is -4.31. The van der Waals surface area contributed by atoms with Crippen LogP contribution < -0.4 is 9.46 Å². The highest BCUT2D eigenvalue weighted by atomic mass is 32.2. The molecule has 0 spiro atoms. The maximum atomic E-state index is 13.4. The molecule has 0 saturated heterocycles. The number of hydrogen-bond acceptors (Lipinski definition) is 7. The van der Waals surface area contributed by atoms with Gasteiger partial charge in [-0.2, -0.15) is 4.98 Å². The highest BCUT2D eigenvalue weighted by molar-refractivity contribution is 7.92. The van der Waals surface area contributed by atoms with Crippen LogP contribution in [0.5, 0.6) is 5.88 Å². The van der Waals surface area contributed by atoms with Gasteiger partial charge in [0.1, 0.15) is 6.10 Å². The number of nitrogens with zero attached hydrogens (tertiary/aromatic N) is 4. The summed E-state index contributed by atoms with van der Waals surface area (Å²) in [5.74, 6) is -0.245. The minimum Gasteiger partial charge on any atom is -0.467 e. The first-order valence-corrected chi connectivity index (χ1v) is 13.2. The van der Waals surface area contributed by atoms with Crippen molar-refractivity contribution < 1.29 is 17.9 Å². The van der Waals surface area contributed by atoms with Crippen LogP contribution in [0.1, 0.15) is 38.8 Å². The quantitative estimate of drug-likeness (QED) is 0.408. The Balaban J connectivity index is 1.57. The summed E-state index contributed by atoms with van der Waals surface area (Å²) in [6.07, 6.45) is 1.12. The zero-order chi connectivity index (χ0) is 25.7. The average molecular weight is 514 g/mol. The second-order valence-electron chi connectivity index (χ2n) is 9.15. The van der Waals surface area contributed by atoms with Gasteiger partial charge in [0.15, 0.2) is 0 Å². The van der Waals surface area contributed by atoms with E-state index in [1.807, 2.05) is 44.2 Å². The number of rotatable bonds is 1. The molecule has 2 aromatic carbocycles. The second-order valence-corrected chi connectivity index (χ2v) is 10.8. The molecule has 0 saturated carbocycles. The van der Waals surface area contributed by atoms with E-state index in [9.17, 15) is 13.2 Å². The van der Waals surface area contributed by atoms with Crippen LogP contribution in [0.3, 0.4) is 0 Å². The molecule has 6 rings (SSSR count). The van der Waals surface area contributed by atoms with Crippen LogP contribution in [0, 0.1) is 13.8 Å². The third-order valence-corrected chi connectivity index (χ3v) is 7.93. The normalized spacial score (nSPS) is 17.8. The fourth-order valence-corrected chi connectivity index (χ4v) is 5.85. The van der Waals surface area contributed by atoms with Gasteiger partial charge in [-0.25, -0.2) is 18.1 Å². The van der Waals surface area contributed by atoms with Crippen LogP contribution in [0.2, 0.25) is 0 Å². The average Bonchev–Trinajstić information content (AvgIpc) is 2.87. The number of aryl methyl sites for hydroxylation is 2. The zero-order valence-electron chi connectivity index (χ0n) is 20.2. The molecule has 1 unspecified atom stereocenters. The van der Waals surface area contributed by atoms with Gasteiger partial charge in [0, 0.05) is 29.0 Å². The molecule has 2 aliphatic heterocycles. The zero-order valence-corrected chi connectivity index (χ0v) is 21.0. The molecular weight excluding hydrogens is 490 g/mol. The molecule has 10 heteroatoms.